The predicted octanol–water partition coefficient (Wildman–Crippen LogP) is 2.62. The third-order valence-corrected chi connectivity index (χ3v) is 9.45. The molecule has 0 radical (unpaired) electrons. The van der Waals surface area contributed by atoms with E-state index >= 15 is 0 Å². The van der Waals surface area contributed by atoms with Crippen LogP contribution in [0.5, 0.6) is 6.01 Å². The Balaban J connectivity index is 1.29. The maximum Gasteiger partial charge on any atom is 0.319 e. The van der Waals surface area contributed by atoms with E-state index in [1.165, 1.54) is 6.07 Å². The second-order valence-electron chi connectivity index (χ2n) is 12.1. The molecule has 0 aliphatic carbocycles. The van der Waals surface area contributed by atoms with Crippen molar-refractivity contribution in [2.24, 2.45) is 0 Å². The molecule has 12 nitrogen and oxygen atoms in total. The summed E-state index contributed by atoms with van der Waals surface area (Å²) < 4.78 is 40.4. The predicted molar refractivity (Wildman–Crippen MR) is 153 cm³/mol. The number of piperazine rings is 1. The van der Waals surface area contributed by atoms with Gasteiger partial charge >= 0.3 is 6.01 Å². The van der Waals surface area contributed by atoms with Gasteiger partial charge in [-0.15, -0.1) is 0 Å². The zero-order valence-electron chi connectivity index (χ0n) is 23.2. The third-order valence-electron chi connectivity index (χ3n) is 9.45. The zero-order chi connectivity index (χ0) is 29.5. The number of rotatable bonds is 5. The van der Waals surface area contributed by atoms with Crippen LogP contribution in [0.25, 0.3) is 33.3 Å². The number of benzene rings is 1. The summed E-state index contributed by atoms with van der Waals surface area (Å²) >= 11 is 0. The van der Waals surface area contributed by atoms with E-state index in [-0.39, 0.29) is 64.2 Å². The van der Waals surface area contributed by atoms with Gasteiger partial charge in [-0.3, -0.25) is 9.69 Å². The van der Waals surface area contributed by atoms with Gasteiger partial charge in [-0.1, -0.05) is 0 Å². The molecule has 2 unspecified atom stereocenters. The Morgan fingerprint density at radius 1 is 1.19 bits per heavy atom. The molecule has 43 heavy (non-hydrogen) atoms. The first-order valence-electron chi connectivity index (χ1n) is 14.6. The number of halogens is 2. The van der Waals surface area contributed by atoms with Gasteiger partial charge in [0.2, 0.25) is 5.43 Å². The second-order valence-corrected chi connectivity index (χ2v) is 12.1. The van der Waals surface area contributed by atoms with Crippen molar-refractivity contribution in [2.45, 2.75) is 55.9 Å². The van der Waals surface area contributed by atoms with Gasteiger partial charge in [0.25, 0.3) is 6.01 Å². The quantitative estimate of drug-likeness (QED) is 0.314. The Morgan fingerprint density at radius 3 is 2.79 bits per heavy atom. The fourth-order valence-electron chi connectivity index (χ4n) is 7.57. The van der Waals surface area contributed by atoms with Gasteiger partial charge in [-0.25, -0.2) is 8.78 Å². The fraction of sp³-hybridized carbons (Fsp3) is 0.483. The Labute approximate surface area is 243 Å². The molecule has 4 saturated heterocycles. The molecule has 4 aliphatic rings. The van der Waals surface area contributed by atoms with Crippen molar-refractivity contribution >= 4 is 34.0 Å². The Hall–Kier alpha value is -4.35. The van der Waals surface area contributed by atoms with Crippen molar-refractivity contribution in [1.82, 2.24) is 30.2 Å². The Morgan fingerprint density at radius 2 is 2.00 bits per heavy atom. The minimum Gasteiger partial charge on any atom is -0.461 e. The molecule has 1 aromatic carbocycles. The molecular weight excluding hydrogens is 560 g/mol. The van der Waals surface area contributed by atoms with Crippen molar-refractivity contribution in [3.8, 4) is 23.2 Å². The standard InChI is InChI=1S/C29H29F2N9O3/c30-14-8-29(6-1-7-40(29)10-14)13-42-28-37-22-23(26(38-28)39-11-15-2-3-16(12-39)34-15)35-19(9-32)20(24(22)41)17-4-5-18(31)25-21(17)36-27(33)43-25/h4-5,14-16,34H,1-3,6-8,10-13H2,(H2,33,36)(H,35,41)/t14-,15?,16?,29+/m1/s1. The van der Waals surface area contributed by atoms with Gasteiger partial charge in [0, 0.05) is 43.7 Å². The molecule has 4 aliphatic heterocycles. The van der Waals surface area contributed by atoms with E-state index in [4.69, 9.17) is 19.9 Å². The first-order valence-corrected chi connectivity index (χ1v) is 14.6. The lowest BCUT2D eigenvalue weighted by molar-refractivity contribution is 0.107. The van der Waals surface area contributed by atoms with Crippen LogP contribution >= 0.6 is 0 Å². The number of nitrogen functional groups attached to an aromatic ring is 1. The van der Waals surface area contributed by atoms with Gasteiger partial charge in [-0.05, 0) is 44.4 Å². The summed E-state index contributed by atoms with van der Waals surface area (Å²) in [6.45, 7) is 2.71. The minimum absolute atomic E-state index is 0.00741. The summed E-state index contributed by atoms with van der Waals surface area (Å²) in [5, 5.41) is 13.8. The lowest BCUT2D eigenvalue weighted by Crippen LogP contribution is -2.51. The van der Waals surface area contributed by atoms with E-state index in [0.29, 0.717) is 37.4 Å². The Bertz CT molecular complexity index is 1880. The van der Waals surface area contributed by atoms with Gasteiger partial charge < -0.3 is 30.1 Å². The number of nitrogens with two attached hydrogens (primary N) is 1. The van der Waals surface area contributed by atoms with Crippen LogP contribution in [0.2, 0.25) is 0 Å². The fourth-order valence-corrected chi connectivity index (χ4v) is 7.57. The number of oxazole rings is 1. The van der Waals surface area contributed by atoms with Gasteiger partial charge in [-0.2, -0.15) is 20.2 Å². The summed E-state index contributed by atoms with van der Waals surface area (Å²) in [6.07, 6.45) is 3.30. The van der Waals surface area contributed by atoms with E-state index in [1.807, 2.05) is 0 Å². The number of anilines is 2. The zero-order valence-corrected chi connectivity index (χ0v) is 23.2. The normalized spacial score (nSPS) is 26.8. The smallest absolute Gasteiger partial charge is 0.319 e. The average molecular weight is 590 g/mol. The number of ether oxygens (including phenoxy) is 1. The molecule has 14 heteroatoms. The number of hydrogen-bond acceptors (Lipinski definition) is 11. The number of hydrogen-bond donors (Lipinski definition) is 3. The van der Waals surface area contributed by atoms with Crippen LogP contribution in [-0.2, 0) is 0 Å². The number of nitriles is 1. The summed E-state index contributed by atoms with van der Waals surface area (Å²) in [5.41, 5.74) is 4.93. The maximum absolute atomic E-state index is 14.5. The number of H-pyrrole nitrogens is 1. The van der Waals surface area contributed by atoms with Gasteiger partial charge in [0.05, 0.1) is 11.1 Å². The number of alkyl halides is 1. The summed E-state index contributed by atoms with van der Waals surface area (Å²) in [7, 11) is 0. The number of aromatic amines is 1. The van der Waals surface area contributed by atoms with Crippen LogP contribution in [0.1, 0.15) is 37.8 Å². The van der Waals surface area contributed by atoms with Crippen molar-refractivity contribution < 1.29 is 17.9 Å². The highest BCUT2D eigenvalue weighted by molar-refractivity contribution is 5.97. The van der Waals surface area contributed by atoms with E-state index in [2.05, 4.69) is 36.1 Å². The van der Waals surface area contributed by atoms with Crippen LogP contribution in [0.15, 0.2) is 21.3 Å². The first kappa shape index (κ1) is 26.3. The average Bonchev–Trinajstić information content (AvgIpc) is 3.74. The van der Waals surface area contributed by atoms with Crippen molar-refractivity contribution in [2.75, 3.05) is 43.4 Å². The molecule has 0 amide bonds. The largest absolute Gasteiger partial charge is 0.461 e. The van der Waals surface area contributed by atoms with Crippen molar-refractivity contribution in [3.63, 3.8) is 0 Å². The number of fused-ring (bicyclic) bond motifs is 5. The third kappa shape index (κ3) is 4.13. The lowest BCUT2D eigenvalue weighted by Gasteiger charge is -2.34. The molecule has 4 fully saturated rings. The first-order chi connectivity index (χ1) is 20.8. The van der Waals surface area contributed by atoms with Crippen LogP contribution in [-0.4, -0.2) is 81.4 Å². The van der Waals surface area contributed by atoms with Crippen molar-refractivity contribution in [3.05, 3.63) is 33.9 Å². The van der Waals surface area contributed by atoms with Gasteiger partial charge in [0.1, 0.15) is 41.1 Å². The van der Waals surface area contributed by atoms with Crippen LogP contribution < -0.4 is 26.1 Å². The number of nitrogens with one attached hydrogen (secondary N) is 2. The highest BCUT2D eigenvalue weighted by atomic mass is 19.1. The SMILES string of the molecule is N#Cc1[nH]c2c(N3CC4CCC(C3)N4)nc(OC[C@@]34CCCN3C[C@H](F)C4)nc2c(=O)c1-c1ccc(F)c2oc(N)nc12. The van der Waals surface area contributed by atoms with Crippen LogP contribution in [0, 0.1) is 17.1 Å². The monoisotopic (exact) mass is 589 g/mol. The molecule has 0 saturated carbocycles. The molecule has 3 aromatic heterocycles. The molecule has 222 valence electrons. The number of aromatic nitrogens is 4. The molecule has 7 heterocycles. The molecule has 4 N–H and O–H groups in total. The van der Waals surface area contributed by atoms with Crippen molar-refractivity contribution in [1.29, 1.82) is 5.26 Å². The highest BCUT2D eigenvalue weighted by Gasteiger charge is 2.49. The van der Waals surface area contributed by atoms with E-state index in [1.54, 1.807) is 0 Å². The maximum atomic E-state index is 14.5. The molecule has 2 bridgehead atoms. The summed E-state index contributed by atoms with van der Waals surface area (Å²) in [4.78, 5) is 35.0. The minimum atomic E-state index is -0.916. The summed E-state index contributed by atoms with van der Waals surface area (Å²) in [6, 6.07) is 4.86. The second kappa shape index (κ2) is 9.58. The molecule has 8 rings (SSSR count). The van der Waals surface area contributed by atoms with Gasteiger partial charge in [0.15, 0.2) is 17.2 Å². The number of nitrogens with zero attached hydrogens (tertiary/aromatic N) is 6. The molecular formula is C29H29F2N9O3. The van der Waals surface area contributed by atoms with E-state index < -0.39 is 23.0 Å². The Kier molecular flexibility index (Phi) is 5.86. The molecule has 4 atom stereocenters. The molecule has 0 spiro atoms. The van der Waals surface area contributed by atoms with Crippen LogP contribution in [0.4, 0.5) is 20.6 Å². The molecule has 4 aromatic rings. The number of pyridine rings is 1. The van der Waals surface area contributed by atoms with E-state index in [0.717, 1.165) is 38.3 Å². The summed E-state index contributed by atoms with van der Waals surface area (Å²) in [5.74, 6) is -0.237. The van der Waals surface area contributed by atoms with Crippen LogP contribution in [0.3, 0.4) is 0 Å². The van der Waals surface area contributed by atoms with E-state index in [9.17, 15) is 18.8 Å². The highest BCUT2D eigenvalue weighted by Crippen LogP contribution is 2.41. The topological polar surface area (TPSA) is 162 Å². The lowest BCUT2D eigenvalue weighted by atomic mass is 9.95.